The fourth-order valence-corrected chi connectivity index (χ4v) is 4.10. The third-order valence-corrected chi connectivity index (χ3v) is 5.51. The zero-order chi connectivity index (χ0) is 16.4. The molecule has 1 saturated heterocycles. The van der Waals surface area contributed by atoms with E-state index in [0.717, 1.165) is 21.9 Å². The van der Waals surface area contributed by atoms with Crippen LogP contribution in [0.1, 0.15) is 16.5 Å². The maximum absolute atomic E-state index is 13.7. The summed E-state index contributed by atoms with van der Waals surface area (Å²) in [6.07, 6.45) is -0.0559. The fraction of sp³-hybridized carbons (Fsp3) is 0.235. The van der Waals surface area contributed by atoms with Gasteiger partial charge in [0.15, 0.2) is 0 Å². The Morgan fingerprint density at radius 2 is 1.96 bits per heavy atom. The number of rotatable bonds is 3. The van der Waals surface area contributed by atoms with E-state index in [-0.39, 0.29) is 23.3 Å². The molecule has 120 valence electrons. The van der Waals surface area contributed by atoms with Crippen molar-refractivity contribution >= 4 is 33.6 Å². The second-order valence-electron chi connectivity index (χ2n) is 5.27. The Balaban J connectivity index is 1.76. The van der Waals surface area contributed by atoms with Crippen molar-refractivity contribution < 1.29 is 13.6 Å². The maximum atomic E-state index is 13.7. The highest BCUT2D eigenvalue weighted by atomic mass is 79.9. The Labute approximate surface area is 146 Å². The van der Waals surface area contributed by atoms with Crippen molar-refractivity contribution in [3.63, 3.8) is 0 Å². The summed E-state index contributed by atoms with van der Waals surface area (Å²) in [6, 6.07) is 11.2. The van der Waals surface area contributed by atoms with Crippen LogP contribution in [0.2, 0.25) is 0 Å². The van der Waals surface area contributed by atoms with Gasteiger partial charge >= 0.3 is 0 Å². The summed E-state index contributed by atoms with van der Waals surface area (Å²) in [5.74, 6) is -0.611. The zero-order valence-electron chi connectivity index (χ0n) is 12.1. The third kappa shape index (κ3) is 3.75. The molecular formula is C17H14BrF2NOS. The van der Waals surface area contributed by atoms with Crippen molar-refractivity contribution in [2.75, 3.05) is 12.3 Å². The van der Waals surface area contributed by atoms with Gasteiger partial charge in [-0.15, -0.1) is 11.8 Å². The number of carbonyl (C=O) groups excluding carboxylic acids is 1. The fourth-order valence-electron chi connectivity index (χ4n) is 2.56. The van der Waals surface area contributed by atoms with E-state index in [1.54, 1.807) is 16.7 Å². The molecule has 1 unspecified atom stereocenters. The minimum Gasteiger partial charge on any atom is -0.325 e. The first-order valence-electron chi connectivity index (χ1n) is 7.15. The Morgan fingerprint density at radius 1 is 1.22 bits per heavy atom. The SMILES string of the molecule is O=C(Cc1ccc(F)cc1F)N1CCSC1c1ccc(Br)cc1. The number of nitrogens with zero attached hydrogens (tertiary/aromatic N) is 1. The molecule has 2 nitrogen and oxygen atoms in total. The van der Waals surface area contributed by atoms with Crippen LogP contribution in [0.15, 0.2) is 46.9 Å². The normalized spacial score (nSPS) is 17.5. The first-order chi connectivity index (χ1) is 11.0. The van der Waals surface area contributed by atoms with Crippen LogP contribution in [0.25, 0.3) is 0 Å². The number of carbonyl (C=O) groups is 1. The highest BCUT2D eigenvalue weighted by Crippen LogP contribution is 2.38. The van der Waals surface area contributed by atoms with Crippen LogP contribution < -0.4 is 0 Å². The molecule has 0 aliphatic carbocycles. The standard InChI is InChI=1S/C17H14BrF2NOS/c18-13-4-1-11(2-5-13)17-21(7-8-23-17)16(22)9-12-3-6-14(19)10-15(12)20/h1-6,10,17H,7-9H2. The predicted octanol–water partition coefficient (Wildman–Crippen LogP) is 4.54. The van der Waals surface area contributed by atoms with Crippen LogP contribution in [0.3, 0.4) is 0 Å². The first-order valence-corrected chi connectivity index (χ1v) is 8.99. The molecule has 1 heterocycles. The molecule has 1 atom stereocenters. The third-order valence-electron chi connectivity index (χ3n) is 3.72. The van der Waals surface area contributed by atoms with Gasteiger partial charge in [-0.25, -0.2) is 8.78 Å². The van der Waals surface area contributed by atoms with Gasteiger partial charge < -0.3 is 4.90 Å². The van der Waals surface area contributed by atoms with Gasteiger partial charge in [0.2, 0.25) is 5.91 Å². The summed E-state index contributed by atoms with van der Waals surface area (Å²) in [6.45, 7) is 0.632. The van der Waals surface area contributed by atoms with Crippen molar-refractivity contribution in [3.8, 4) is 0 Å². The van der Waals surface area contributed by atoms with Crippen molar-refractivity contribution in [1.29, 1.82) is 0 Å². The Kier molecular flexibility index (Phi) is 5.02. The smallest absolute Gasteiger partial charge is 0.228 e. The van der Waals surface area contributed by atoms with E-state index in [0.29, 0.717) is 6.54 Å². The number of halogens is 3. The van der Waals surface area contributed by atoms with Crippen molar-refractivity contribution in [2.24, 2.45) is 0 Å². The Morgan fingerprint density at radius 3 is 2.65 bits per heavy atom. The maximum Gasteiger partial charge on any atom is 0.228 e. The summed E-state index contributed by atoms with van der Waals surface area (Å²) >= 11 is 5.09. The monoisotopic (exact) mass is 397 g/mol. The van der Waals surface area contributed by atoms with E-state index in [9.17, 15) is 13.6 Å². The van der Waals surface area contributed by atoms with Gasteiger partial charge in [0.1, 0.15) is 17.0 Å². The zero-order valence-corrected chi connectivity index (χ0v) is 14.5. The predicted molar refractivity (Wildman–Crippen MR) is 91.1 cm³/mol. The summed E-state index contributed by atoms with van der Waals surface area (Å²) in [5.41, 5.74) is 1.27. The second kappa shape index (κ2) is 7.01. The topological polar surface area (TPSA) is 20.3 Å². The minimum atomic E-state index is -0.676. The molecule has 6 heteroatoms. The molecule has 0 aromatic heterocycles. The van der Waals surface area contributed by atoms with Crippen LogP contribution in [-0.2, 0) is 11.2 Å². The molecule has 1 amide bonds. The average Bonchev–Trinajstić information content (AvgIpc) is 3.00. The molecule has 3 rings (SSSR count). The van der Waals surface area contributed by atoms with Gasteiger partial charge in [0.25, 0.3) is 0 Å². The Hall–Kier alpha value is -1.40. The molecule has 2 aromatic rings. The van der Waals surface area contributed by atoms with Crippen LogP contribution in [-0.4, -0.2) is 23.1 Å². The molecule has 0 N–H and O–H groups in total. The van der Waals surface area contributed by atoms with Crippen LogP contribution in [0.4, 0.5) is 8.78 Å². The van der Waals surface area contributed by atoms with Crippen LogP contribution in [0.5, 0.6) is 0 Å². The van der Waals surface area contributed by atoms with E-state index >= 15 is 0 Å². The lowest BCUT2D eigenvalue weighted by Gasteiger charge is -2.24. The molecule has 0 saturated carbocycles. The lowest BCUT2D eigenvalue weighted by Crippen LogP contribution is -2.31. The Bertz CT molecular complexity index is 723. The number of amides is 1. The average molecular weight is 398 g/mol. The molecule has 2 aromatic carbocycles. The van der Waals surface area contributed by atoms with Gasteiger partial charge in [-0.1, -0.05) is 34.1 Å². The lowest BCUT2D eigenvalue weighted by molar-refractivity contribution is -0.130. The van der Waals surface area contributed by atoms with E-state index in [1.807, 2.05) is 24.3 Å². The van der Waals surface area contributed by atoms with Crippen LogP contribution >= 0.6 is 27.7 Å². The summed E-state index contributed by atoms with van der Waals surface area (Å²) in [7, 11) is 0. The molecule has 1 aliphatic heterocycles. The van der Waals surface area contributed by atoms with Gasteiger partial charge in [-0.2, -0.15) is 0 Å². The summed E-state index contributed by atoms with van der Waals surface area (Å²) in [5, 5.41) is -0.0564. The lowest BCUT2D eigenvalue weighted by atomic mass is 10.1. The number of benzene rings is 2. The van der Waals surface area contributed by atoms with Gasteiger partial charge in [0.05, 0.1) is 6.42 Å². The molecule has 0 radical (unpaired) electrons. The van der Waals surface area contributed by atoms with E-state index in [4.69, 9.17) is 0 Å². The van der Waals surface area contributed by atoms with Gasteiger partial charge in [0, 0.05) is 22.8 Å². The van der Waals surface area contributed by atoms with Crippen LogP contribution in [0, 0.1) is 11.6 Å². The van der Waals surface area contributed by atoms with Gasteiger partial charge in [-0.05, 0) is 29.3 Å². The highest BCUT2D eigenvalue weighted by Gasteiger charge is 2.30. The highest BCUT2D eigenvalue weighted by molar-refractivity contribution is 9.10. The summed E-state index contributed by atoms with van der Waals surface area (Å²) in [4.78, 5) is 14.3. The van der Waals surface area contributed by atoms with E-state index < -0.39 is 11.6 Å². The van der Waals surface area contributed by atoms with Crippen molar-refractivity contribution in [1.82, 2.24) is 4.90 Å². The van der Waals surface area contributed by atoms with Crippen molar-refractivity contribution in [2.45, 2.75) is 11.8 Å². The molecular weight excluding hydrogens is 384 g/mol. The minimum absolute atomic E-state index is 0.0559. The number of hydrogen-bond acceptors (Lipinski definition) is 2. The molecule has 0 bridgehead atoms. The second-order valence-corrected chi connectivity index (χ2v) is 7.38. The molecule has 0 spiro atoms. The molecule has 23 heavy (non-hydrogen) atoms. The van der Waals surface area contributed by atoms with Crippen molar-refractivity contribution in [3.05, 3.63) is 69.7 Å². The first kappa shape index (κ1) is 16.5. The number of hydrogen-bond donors (Lipinski definition) is 0. The van der Waals surface area contributed by atoms with Gasteiger partial charge in [-0.3, -0.25) is 4.79 Å². The number of thioether (sulfide) groups is 1. The quantitative estimate of drug-likeness (QED) is 0.757. The summed E-state index contributed by atoms with van der Waals surface area (Å²) < 4.78 is 27.7. The molecule has 1 fully saturated rings. The largest absolute Gasteiger partial charge is 0.325 e. The van der Waals surface area contributed by atoms with E-state index in [1.165, 1.54) is 12.1 Å². The molecule has 1 aliphatic rings. The van der Waals surface area contributed by atoms with E-state index in [2.05, 4.69) is 15.9 Å².